The molecule has 1 aromatic carbocycles. The number of hydrogen-bond donors (Lipinski definition) is 0. The summed E-state index contributed by atoms with van der Waals surface area (Å²) in [5.41, 5.74) is 2.39. The summed E-state index contributed by atoms with van der Waals surface area (Å²) >= 11 is 0. The van der Waals surface area contributed by atoms with Crippen LogP contribution in [0.25, 0.3) is 12.2 Å². The van der Waals surface area contributed by atoms with E-state index in [1.165, 1.54) is 0 Å². The average molecular weight is 174 g/mol. The van der Waals surface area contributed by atoms with Crippen molar-refractivity contribution in [3.05, 3.63) is 46.8 Å². The first-order chi connectivity index (χ1) is 6.29. The van der Waals surface area contributed by atoms with Crippen LogP contribution < -0.4 is 0 Å². The fraction of sp³-hybridized carbons (Fsp3) is 0.167. The third kappa shape index (κ3) is 1.42. The maximum absolute atomic E-state index is 13.6. The fourth-order valence-electron chi connectivity index (χ4n) is 1.49. The molecule has 1 aliphatic rings. The number of aryl methyl sites for hydroxylation is 1. The topological polar surface area (TPSA) is 0 Å². The van der Waals surface area contributed by atoms with Gasteiger partial charge in [0, 0.05) is 5.56 Å². The summed E-state index contributed by atoms with van der Waals surface area (Å²) in [7, 11) is 0. The second kappa shape index (κ2) is 3.17. The van der Waals surface area contributed by atoms with Crippen molar-refractivity contribution in [3.63, 3.8) is 0 Å². The molecule has 0 aliphatic heterocycles. The highest BCUT2D eigenvalue weighted by atomic mass is 19.1. The van der Waals surface area contributed by atoms with Gasteiger partial charge in [-0.05, 0) is 24.5 Å². The lowest BCUT2D eigenvalue weighted by Crippen LogP contribution is -1.90. The summed E-state index contributed by atoms with van der Waals surface area (Å²) in [6, 6.07) is 3.78. The minimum Gasteiger partial charge on any atom is -0.206 e. The summed E-state index contributed by atoms with van der Waals surface area (Å²) in [5, 5.41) is 0. The molecule has 0 unspecified atom stereocenters. The van der Waals surface area contributed by atoms with Crippen LogP contribution in [0.4, 0.5) is 4.39 Å². The Morgan fingerprint density at radius 3 is 2.77 bits per heavy atom. The smallest absolute Gasteiger partial charge is 0.133 e. The number of rotatable bonds is 0. The largest absolute Gasteiger partial charge is 0.206 e. The lowest BCUT2D eigenvalue weighted by molar-refractivity contribution is 0.615. The van der Waals surface area contributed by atoms with E-state index in [2.05, 4.69) is 0 Å². The van der Waals surface area contributed by atoms with E-state index in [-0.39, 0.29) is 5.82 Å². The summed E-state index contributed by atoms with van der Waals surface area (Å²) < 4.78 is 13.6. The van der Waals surface area contributed by atoms with Crippen LogP contribution in [0.15, 0.2) is 24.3 Å². The Morgan fingerprint density at radius 1 is 1.15 bits per heavy atom. The maximum atomic E-state index is 13.6. The molecular weight excluding hydrogens is 163 g/mol. The molecule has 0 bridgehead atoms. The molecule has 1 aliphatic carbocycles. The van der Waals surface area contributed by atoms with Gasteiger partial charge >= 0.3 is 0 Å². The number of benzene rings is 1. The van der Waals surface area contributed by atoms with Gasteiger partial charge in [0.1, 0.15) is 5.82 Å². The van der Waals surface area contributed by atoms with Crippen LogP contribution in [0.1, 0.15) is 23.1 Å². The van der Waals surface area contributed by atoms with E-state index in [4.69, 9.17) is 0 Å². The molecule has 0 aromatic heterocycles. The van der Waals surface area contributed by atoms with Crippen LogP contribution >= 0.6 is 0 Å². The van der Waals surface area contributed by atoms with E-state index in [1.54, 1.807) is 6.92 Å². The zero-order valence-electron chi connectivity index (χ0n) is 7.55. The Bertz CT molecular complexity index is 386. The van der Waals surface area contributed by atoms with E-state index >= 15 is 0 Å². The van der Waals surface area contributed by atoms with E-state index in [1.807, 2.05) is 36.4 Å². The third-order valence-corrected chi connectivity index (χ3v) is 2.26. The molecule has 0 N–H and O–H groups in total. The average Bonchev–Trinajstić information content (AvgIpc) is 2.36. The third-order valence-electron chi connectivity index (χ3n) is 2.26. The van der Waals surface area contributed by atoms with Gasteiger partial charge in [-0.1, -0.05) is 36.4 Å². The van der Waals surface area contributed by atoms with Gasteiger partial charge in [0.2, 0.25) is 0 Å². The van der Waals surface area contributed by atoms with Gasteiger partial charge in [-0.3, -0.25) is 0 Å². The first-order valence-corrected chi connectivity index (χ1v) is 4.41. The van der Waals surface area contributed by atoms with Crippen molar-refractivity contribution >= 4 is 12.2 Å². The molecular formula is C12H11F. The van der Waals surface area contributed by atoms with Crippen molar-refractivity contribution < 1.29 is 4.39 Å². The van der Waals surface area contributed by atoms with Crippen molar-refractivity contribution in [1.82, 2.24) is 0 Å². The molecule has 13 heavy (non-hydrogen) atoms. The molecule has 0 radical (unpaired) electrons. The minimum atomic E-state index is -0.0969. The van der Waals surface area contributed by atoms with Crippen molar-refractivity contribution in [2.24, 2.45) is 0 Å². The normalized spacial score (nSPS) is 14.0. The maximum Gasteiger partial charge on any atom is 0.133 e. The second-order valence-corrected chi connectivity index (χ2v) is 3.24. The zero-order chi connectivity index (χ0) is 9.26. The predicted octanol–water partition coefficient (Wildman–Crippen LogP) is 3.56. The van der Waals surface area contributed by atoms with Gasteiger partial charge in [0.05, 0.1) is 0 Å². The van der Waals surface area contributed by atoms with Gasteiger partial charge in [-0.15, -0.1) is 0 Å². The molecule has 66 valence electrons. The molecule has 0 fully saturated rings. The predicted molar refractivity (Wildman–Crippen MR) is 53.8 cm³/mol. The van der Waals surface area contributed by atoms with Crippen molar-refractivity contribution in [3.8, 4) is 0 Å². The van der Waals surface area contributed by atoms with Crippen LogP contribution in [-0.4, -0.2) is 0 Å². The van der Waals surface area contributed by atoms with Gasteiger partial charge in [0.15, 0.2) is 0 Å². The highest BCUT2D eigenvalue weighted by Crippen LogP contribution is 2.22. The summed E-state index contributed by atoms with van der Waals surface area (Å²) in [4.78, 5) is 0. The van der Waals surface area contributed by atoms with Gasteiger partial charge in [-0.25, -0.2) is 4.39 Å². The van der Waals surface area contributed by atoms with Gasteiger partial charge in [-0.2, -0.15) is 0 Å². The van der Waals surface area contributed by atoms with E-state index in [0.29, 0.717) is 11.1 Å². The van der Waals surface area contributed by atoms with Crippen LogP contribution in [0.2, 0.25) is 0 Å². The highest BCUT2D eigenvalue weighted by molar-refractivity contribution is 5.68. The fourth-order valence-corrected chi connectivity index (χ4v) is 1.49. The van der Waals surface area contributed by atoms with Gasteiger partial charge in [0.25, 0.3) is 0 Å². The lowest BCUT2D eigenvalue weighted by atomic mass is 10.0. The number of hydrogen-bond acceptors (Lipinski definition) is 0. The Kier molecular flexibility index (Phi) is 2.01. The molecule has 0 amide bonds. The van der Waals surface area contributed by atoms with Crippen LogP contribution in [-0.2, 0) is 0 Å². The van der Waals surface area contributed by atoms with Crippen LogP contribution in [0.3, 0.4) is 0 Å². The number of fused-ring (bicyclic) bond motifs is 1. The van der Waals surface area contributed by atoms with E-state index in [0.717, 1.165) is 12.0 Å². The molecule has 1 heteroatoms. The Hall–Kier alpha value is -1.37. The van der Waals surface area contributed by atoms with Crippen LogP contribution in [0, 0.1) is 12.7 Å². The molecule has 0 saturated carbocycles. The molecule has 0 heterocycles. The molecule has 0 spiro atoms. The summed E-state index contributed by atoms with van der Waals surface area (Å²) in [5.74, 6) is -0.0969. The van der Waals surface area contributed by atoms with Crippen LogP contribution in [0.5, 0.6) is 0 Å². The highest BCUT2D eigenvalue weighted by Gasteiger charge is 2.07. The van der Waals surface area contributed by atoms with Crippen molar-refractivity contribution in [2.45, 2.75) is 13.3 Å². The number of allylic oxidation sites excluding steroid dienone is 2. The summed E-state index contributed by atoms with van der Waals surface area (Å²) in [6.07, 6.45) is 8.73. The molecule has 2 rings (SSSR count). The summed E-state index contributed by atoms with van der Waals surface area (Å²) in [6.45, 7) is 1.79. The Labute approximate surface area is 77.4 Å². The van der Waals surface area contributed by atoms with E-state index in [9.17, 15) is 4.39 Å². The van der Waals surface area contributed by atoms with Crippen molar-refractivity contribution in [1.29, 1.82) is 0 Å². The monoisotopic (exact) mass is 174 g/mol. The SMILES string of the molecule is Cc1ccc2c(c1F)C=CCC=C2. The standard InChI is InChI=1S/C12H11F/c1-9-7-8-10-5-3-2-4-6-11(10)12(9)13/h3-8H,2H2,1H3. The second-order valence-electron chi connectivity index (χ2n) is 3.24. The van der Waals surface area contributed by atoms with Crippen molar-refractivity contribution in [2.75, 3.05) is 0 Å². The lowest BCUT2D eigenvalue weighted by Gasteiger charge is -2.04. The Balaban J connectivity index is 2.68. The Morgan fingerprint density at radius 2 is 1.92 bits per heavy atom. The molecule has 1 aromatic rings. The number of halogens is 1. The van der Waals surface area contributed by atoms with E-state index < -0.39 is 0 Å². The van der Waals surface area contributed by atoms with Gasteiger partial charge < -0.3 is 0 Å². The first-order valence-electron chi connectivity index (χ1n) is 4.41. The first kappa shape index (κ1) is 8.24. The zero-order valence-corrected chi connectivity index (χ0v) is 7.55. The minimum absolute atomic E-state index is 0.0969. The molecule has 0 atom stereocenters. The quantitative estimate of drug-likeness (QED) is 0.564. The molecule has 0 nitrogen and oxygen atoms in total. The molecule has 0 saturated heterocycles.